The van der Waals surface area contributed by atoms with Crippen LogP contribution in [-0.2, 0) is 10.1 Å². The van der Waals surface area contributed by atoms with Gasteiger partial charge in [-0.3, -0.25) is 9.54 Å². The van der Waals surface area contributed by atoms with Crippen LogP contribution in [0.25, 0.3) is 17.0 Å². The van der Waals surface area contributed by atoms with Crippen molar-refractivity contribution in [2.75, 3.05) is 23.7 Å². The van der Waals surface area contributed by atoms with Gasteiger partial charge in [0.2, 0.25) is 0 Å². The van der Waals surface area contributed by atoms with Gasteiger partial charge in [0.15, 0.2) is 0 Å². The summed E-state index contributed by atoms with van der Waals surface area (Å²) in [7, 11) is -3.90. The molecule has 2 aromatic rings. The van der Waals surface area contributed by atoms with E-state index >= 15 is 0 Å². The molecule has 0 atom stereocenters. The molecule has 0 unspecified atom stereocenters. The summed E-state index contributed by atoms with van der Waals surface area (Å²) in [6.07, 6.45) is 6.28. The summed E-state index contributed by atoms with van der Waals surface area (Å²) in [6, 6.07) is 7.93. The van der Waals surface area contributed by atoms with Gasteiger partial charge in [0, 0.05) is 24.7 Å². The highest BCUT2D eigenvalue weighted by atomic mass is 32.2. The van der Waals surface area contributed by atoms with Gasteiger partial charge in [-0.15, -0.1) is 0 Å². The van der Waals surface area contributed by atoms with Crippen molar-refractivity contribution >= 4 is 32.8 Å². The first-order chi connectivity index (χ1) is 10.0. The molecule has 1 N–H and O–H groups in total. The molecule has 110 valence electrons. The number of fused-ring (bicyclic) bond motifs is 3. The molecular formula is C15H16N2O3S. The number of pyridine rings is 1. The predicted octanol–water partition coefficient (Wildman–Crippen LogP) is 2.35. The van der Waals surface area contributed by atoms with Gasteiger partial charge in [-0.05, 0) is 30.2 Å². The molecule has 0 aliphatic carbocycles. The Morgan fingerprint density at radius 3 is 2.95 bits per heavy atom. The number of aromatic nitrogens is 1. The lowest BCUT2D eigenvalue weighted by Gasteiger charge is -2.29. The van der Waals surface area contributed by atoms with Crippen LogP contribution >= 0.6 is 0 Å². The minimum Gasteiger partial charge on any atom is -0.367 e. The largest absolute Gasteiger partial charge is 0.367 e. The second-order valence-electron chi connectivity index (χ2n) is 5.06. The third kappa shape index (κ3) is 3.06. The van der Waals surface area contributed by atoms with Crippen molar-refractivity contribution < 1.29 is 13.0 Å². The smallest absolute Gasteiger partial charge is 0.264 e. The highest BCUT2D eigenvalue weighted by molar-refractivity contribution is 7.85. The molecule has 1 aliphatic rings. The van der Waals surface area contributed by atoms with Crippen molar-refractivity contribution in [2.45, 2.75) is 6.42 Å². The number of nitrogens with zero attached hydrogens (tertiary/aromatic N) is 2. The summed E-state index contributed by atoms with van der Waals surface area (Å²) in [5, 5.41) is 1.06. The molecule has 0 saturated heterocycles. The quantitative estimate of drug-likeness (QED) is 0.878. The van der Waals surface area contributed by atoms with Crippen molar-refractivity contribution in [2.24, 2.45) is 0 Å². The predicted molar refractivity (Wildman–Crippen MR) is 84.0 cm³/mol. The van der Waals surface area contributed by atoms with E-state index in [0.29, 0.717) is 13.0 Å². The van der Waals surface area contributed by atoms with Crippen LogP contribution < -0.4 is 4.90 Å². The fraction of sp³-hybridized carbons (Fsp3) is 0.267. The maximum absolute atomic E-state index is 10.8. The van der Waals surface area contributed by atoms with Crippen LogP contribution in [0.2, 0.25) is 0 Å². The van der Waals surface area contributed by atoms with Crippen LogP contribution in [0.15, 0.2) is 36.5 Å². The van der Waals surface area contributed by atoms with Crippen LogP contribution in [0.3, 0.4) is 0 Å². The van der Waals surface area contributed by atoms with Crippen molar-refractivity contribution in [3.63, 3.8) is 0 Å². The van der Waals surface area contributed by atoms with Crippen molar-refractivity contribution in [3.05, 3.63) is 42.1 Å². The molecule has 0 amide bonds. The minimum atomic E-state index is -3.90. The van der Waals surface area contributed by atoms with E-state index in [4.69, 9.17) is 4.55 Å². The number of rotatable bonds is 4. The molecule has 1 aromatic heterocycles. The van der Waals surface area contributed by atoms with Gasteiger partial charge in [0.25, 0.3) is 10.1 Å². The molecule has 5 nitrogen and oxygen atoms in total. The van der Waals surface area contributed by atoms with E-state index in [-0.39, 0.29) is 5.75 Å². The summed E-state index contributed by atoms with van der Waals surface area (Å²) in [6.45, 7) is 1.30. The second-order valence-corrected chi connectivity index (χ2v) is 6.63. The van der Waals surface area contributed by atoms with Crippen LogP contribution in [-0.4, -0.2) is 36.8 Å². The van der Waals surface area contributed by atoms with E-state index < -0.39 is 10.1 Å². The van der Waals surface area contributed by atoms with Crippen molar-refractivity contribution in [1.82, 2.24) is 4.98 Å². The molecule has 0 radical (unpaired) electrons. The summed E-state index contributed by atoms with van der Waals surface area (Å²) in [5.41, 5.74) is 3.11. The molecule has 21 heavy (non-hydrogen) atoms. The van der Waals surface area contributed by atoms with Crippen LogP contribution in [0.4, 0.5) is 5.69 Å². The SMILES string of the molecule is O=S(=O)(O)CCCN1CC=Cc2ccc3ncccc3c21. The molecule has 0 bridgehead atoms. The molecule has 6 heteroatoms. The van der Waals surface area contributed by atoms with Gasteiger partial charge in [-0.1, -0.05) is 18.2 Å². The third-order valence-electron chi connectivity index (χ3n) is 3.56. The monoisotopic (exact) mass is 304 g/mol. The molecule has 0 saturated carbocycles. The maximum Gasteiger partial charge on any atom is 0.264 e. The highest BCUT2D eigenvalue weighted by Gasteiger charge is 2.17. The molecule has 3 rings (SSSR count). The summed E-state index contributed by atoms with van der Waals surface area (Å²) in [4.78, 5) is 6.49. The summed E-state index contributed by atoms with van der Waals surface area (Å²) in [5.74, 6) is -0.217. The van der Waals surface area contributed by atoms with Gasteiger partial charge in [0.05, 0.1) is 17.0 Å². The lowest BCUT2D eigenvalue weighted by atomic mass is 10.0. The average molecular weight is 304 g/mol. The molecule has 0 fully saturated rings. The first-order valence-electron chi connectivity index (χ1n) is 6.79. The third-order valence-corrected chi connectivity index (χ3v) is 4.36. The minimum absolute atomic E-state index is 0.217. The van der Waals surface area contributed by atoms with Crippen molar-refractivity contribution in [3.8, 4) is 0 Å². The number of hydrogen-bond acceptors (Lipinski definition) is 4. The van der Waals surface area contributed by atoms with Gasteiger partial charge in [-0.25, -0.2) is 0 Å². The van der Waals surface area contributed by atoms with E-state index in [2.05, 4.69) is 22.0 Å². The fourth-order valence-electron chi connectivity index (χ4n) is 2.68. The standard InChI is InChI=1S/C15H16N2O3S/c18-21(19,20)11-3-10-17-9-2-4-12-6-7-14-13(15(12)17)5-1-8-16-14/h1-2,4-8H,3,9-11H2,(H,18,19,20). The second kappa shape index (κ2) is 5.46. The van der Waals surface area contributed by atoms with Gasteiger partial charge in [-0.2, -0.15) is 8.42 Å². The Morgan fingerprint density at radius 1 is 1.29 bits per heavy atom. The Bertz CT molecular complexity index is 800. The Hall–Kier alpha value is -1.92. The number of benzene rings is 1. The van der Waals surface area contributed by atoms with Crippen LogP contribution in [0.5, 0.6) is 0 Å². The molecule has 1 aliphatic heterocycles. The van der Waals surface area contributed by atoms with Gasteiger partial charge < -0.3 is 4.90 Å². The topological polar surface area (TPSA) is 70.5 Å². The van der Waals surface area contributed by atoms with E-state index in [1.165, 1.54) is 0 Å². The zero-order valence-corrected chi connectivity index (χ0v) is 12.3. The van der Waals surface area contributed by atoms with Gasteiger partial charge in [0.1, 0.15) is 0 Å². The first kappa shape index (κ1) is 14.0. The average Bonchev–Trinajstić information content (AvgIpc) is 2.46. The lowest BCUT2D eigenvalue weighted by Crippen LogP contribution is -2.28. The number of anilines is 1. The lowest BCUT2D eigenvalue weighted by molar-refractivity contribution is 0.481. The molecule has 2 heterocycles. The normalized spacial score (nSPS) is 14.4. The van der Waals surface area contributed by atoms with E-state index in [0.717, 1.165) is 28.7 Å². The van der Waals surface area contributed by atoms with E-state index in [1.54, 1.807) is 6.20 Å². The Morgan fingerprint density at radius 2 is 2.14 bits per heavy atom. The molecule has 1 aromatic carbocycles. The van der Waals surface area contributed by atoms with Gasteiger partial charge >= 0.3 is 0 Å². The van der Waals surface area contributed by atoms with Crippen LogP contribution in [0, 0.1) is 0 Å². The number of hydrogen-bond donors (Lipinski definition) is 1. The van der Waals surface area contributed by atoms with E-state index in [1.807, 2.05) is 24.3 Å². The fourth-order valence-corrected chi connectivity index (χ4v) is 3.17. The Kier molecular flexibility index (Phi) is 3.65. The maximum atomic E-state index is 10.8. The van der Waals surface area contributed by atoms with Crippen molar-refractivity contribution in [1.29, 1.82) is 0 Å². The molecule has 0 spiro atoms. The van der Waals surface area contributed by atoms with Crippen LogP contribution in [0.1, 0.15) is 12.0 Å². The Labute approximate surface area is 123 Å². The summed E-state index contributed by atoms with van der Waals surface area (Å²) >= 11 is 0. The first-order valence-corrected chi connectivity index (χ1v) is 8.40. The highest BCUT2D eigenvalue weighted by Crippen LogP contribution is 2.33. The molecular weight excluding hydrogens is 288 g/mol. The zero-order valence-electron chi connectivity index (χ0n) is 11.4. The Balaban J connectivity index is 1.93. The van der Waals surface area contributed by atoms with E-state index in [9.17, 15) is 8.42 Å². The zero-order chi connectivity index (χ0) is 14.9. The summed E-state index contributed by atoms with van der Waals surface area (Å²) < 4.78 is 30.5.